The Kier molecular flexibility index (Phi) is 6.57. The number of aryl methyl sites for hydroxylation is 1. The summed E-state index contributed by atoms with van der Waals surface area (Å²) in [4.78, 5) is 14.3. The number of carbonyl (C=O) groups excluding carboxylic acids is 1. The van der Waals surface area contributed by atoms with Gasteiger partial charge < -0.3 is 9.32 Å². The molecule has 0 radical (unpaired) electrons. The van der Waals surface area contributed by atoms with Crippen LogP contribution in [0.15, 0.2) is 52.0 Å². The zero-order valence-electron chi connectivity index (χ0n) is 16.4. The SMILES string of the molecule is CC(C)CCc1ccc(S(=O)(=O)NC2CCN(C(=O)c3ccco3)CC2)cc1. The zero-order valence-corrected chi connectivity index (χ0v) is 17.2. The van der Waals surface area contributed by atoms with Crippen LogP contribution in [0.4, 0.5) is 0 Å². The molecule has 1 saturated heterocycles. The van der Waals surface area contributed by atoms with Gasteiger partial charge in [-0.3, -0.25) is 4.79 Å². The molecule has 6 nitrogen and oxygen atoms in total. The van der Waals surface area contributed by atoms with Crippen molar-refractivity contribution in [3.63, 3.8) is 0 Å². The fourth-order valence-electron chi connectivity index (χ4n) is 3.33. The van der Waals surface area contributed by atoms with E-state index >= 15 is 0 Å². The number of nitrogens with one attached hydrogen (secondary N) is 1. The summed E-state index contributed by atoms with van der Waals surface area (Å²) in [6.07, 6.45) is 4.67. The van der Waals surface area contributed by atoms with E-state index in [1.54, 1.807) is 29.2 Å². The molecular formula is C21H28N2O4S. The van der Waals surface area contributed by atoms with Crippen molar-refractivity contribution >= 4 is 15.9 Å². The van der Waals surface area contributed by atoms with Crippen LogP contribution in [-0.4, -0.2) is 38.4 Å². The molecule has 0 bridgehead atoms. The second kappa shape index (κ2) is 8.92. The number of nitrogens with zero attached hydrogens (tertiary/aromatic N) is 1. The molecule has 2 aromatic rings. The first kappa shape index (κ1) is 20.6. The van der Waals surface area contributed by atoms with Crippen LogP contribution in [0, 0.1) is 5.92 Å². The van der Waals surface area contributed by atoms with E-state index < -0.39 is 10.0 Å². The van der Waals surface area contributed by atoms with Crippen LogP contribution >= 0.6 is 0 Å². The third kappa shape index (κ3) is 5.23. The van der Waals surface area contributed by atoms with Gasteiger partial charge in [0.1, 0.15) is 0 Å². The number of hydrogen-bond donors (Lipinski definition) is 1. The van der Waals surface area contributed by atoms with Gasteiger partial charge in [0.15, 0.2) is 5.76 Å². The number of benzene rings is 1. The van der Waals surface area contributed by atoms with E-state index in [4.69, 9.17) is 4.42 Å². The largest absolute Gasteiger partial charge is 0.459 e. The number of amides is 1. The molecule has 2 heterocycles. The van der Waals surface area contributed by atoms with Gasteiger partial charge in [0.2, 0.25) is 10.0 Å². The molecule has 152 valence electrons. The second-order valence-corrected chi connectivity index (χ2v) is 9.46. The fourth-order valence-corrected chi connectivity index (χ4v) is 4.64. The number of hydrogen-bond acceptors (Lipinski definition) is 4. The molecule has 0 atom stereocenters. The van der Waals surface area contributed by atoms with Crippen LogP contribution in [0.5, 0.6) is 0 Å². The van der Waals surface area contributed by atoms with Gasteiger partial charge in [0.25, 0.3) is 5.91 Å². The monoisotopic (exact) mass is 404 g/mol. The van der Waals surface area contributed by atoms with Gasteiger partial charge in [0, 0.05) is 19.1 Å². The number of sulfonamides is 1. The first-order chi connectivity index (χ1) is 13.3. The third-order valence-electron chi connectivity index (χ3n) is 5.08. The van der Waals surface area contributed by atoms with E-state index in [9.17, 15) is 13.2 Å². The molecule has 3 rings (SSSR count). The van der Waals surface area contributed by atoms with Gasteiger partial charge in [-0.25, -0.2) is 13.1 Å². The molecule has 1 amide bonds. The van der Waals surface area contributed by atoms with Gasteiger partial charge in [-0.05, 0) is 61.4 Å². The Morgan fingerprint density at radius 2 is 1.86 bits per heavy atom. The molecule has 1 aromatic carbocycles. The van der Waals surface area contributed by atoms with Crippen molar-refractivity contribution < 1.29 is 17.6 Å². The Hall–Kier alpha value is -2.12. The normalized spacial score (nSPS) is 15.9. The molecule has 1 aliphatic heterocycles. The van der Waals surface area contributed by atoms with Crippen LogP contribution in [0.25, 0.3) is 0 Å². The number of likely N-dealkylation sites (tertiary alicyclic amines) is 1. The Morgan fingerprint density at radius 3 is 2.43 bits per heavy atom. The maximum atomic E-state index is 12.7. The van der Waals surface area contributed by atoms with E-state index in [0.29, 0.717) is 37.6 Å². The predicted octanol–water partition coefficient (Wildman–Crippen LogP) is 3.45. The molecule has 7 heteroatoms. The van der Waals surface area contributed by atoms with E-state index in [0.717, 1.165) is 18.4 Å². The summed E-state index contributed by atoms with van der Waals surface area (Å²) in [7, 11) is -3.56. The summed E-state index contributed by atoms with van der Waals surface area (Å²) in [5.41, 5.74) is 1.15. The molecule has 28 heavy (non-hydrogen) atoms. The molecular weight excluding hydrogens is 376 g/mol. The minimum absolute atomic E-state index is 0.150. The van der Waals surface area contributed by atoms with Crippen LogP contribution in [0.2, 0.25) is 0 Å². The summed E-state index contributed by atoms with van der Waals surface area (Å²) >= 11 is 0. The van der Waals surface area contributed by atoms with E-state index in [2.05, 4.69) is 18.6 Å². The highest BCUT2D eigenvalue weighted by molar-refractivity contribution is 7.89. The van der Waals surface area contributed by atoms with Crippen LogP contribution < -0.4 is 4.72 Å². The standard InChI is InChI=1S/C21H28N2O4S/c1-16(2)5-6-17-7-9-19(10-8-17)28(25,26)22-18-11-13-23(14-12-18)21(24)20-4-3-15-27-20/h3-4,7-10,15-16,18,22H,5-6,11-14H2,1-2H3. The summed E-state index contributed by atoms with van der Waals surface area (Å²) in [5.74, 6) is 0.787. The van der Waals surface area contributed by atoms with E-state index in [-0.39, 0.29) is 16.8 Å². The first-order valence-electron chi connectivity index (χ1n) is 9.79. The minimum Gasteiger partial charge on any atom is -0.459 e. The Labute approximate surface area is 167 Å². The highest BCUT2D eigenvalue weighted by Crippen LogP contribution is 2.18. The molecule has 0 aliphatic carbocycles. The highest BCUT2D eigenvalue weighted by atomic mass is 32.2. The van der Waals surface area contributed by atoms with Crippen LogP contribution in [0.3, 0.4) is 0 Å². The zero-order chi connectivity index (χ0) is 20.1. The molecule has 0 spiro atoms. The average molecular weight is 405 g/mol. The molecule has 0 unspecified atom stereocenters. The number of furan rings is 1. The van der Waals surface area contributed by atoms with Crippen molar-refractivity contribution in [2.75, 3.05) is 13.1 Å². The Bertz CT molecular complexity index is 866. The summed E-state index contributed by atoms with van der Waals surface area (Å²) in [6.45, 7) is 5.36. The number of piperidine rings is 1. The summed E-state index contributed by atoms with van der Waals surface area (Å²) in [5, 5.41) is 0. The Balaban J connectivity index is 1.54. The quantitative estimate of drug-likeness (QED) is 0.766. The lowest BCUT2D eigenvalue weighted by Gasteiger charge is -2.31. The predicted molar refractivity (Wildman–Crippen MR) is 108 cm³/mol. The lowest BCUT2D eigenvalue weighted by Crippen LogP contribution is -2.46. The van der Waals surface area contributed by atoms with Crippen molar-refractivity contribution in [3.05, 3.63) is 54.0 Å². The lowest BCUT2D eigenvalue weighted by atomic mass is 10.0. The molecule has 1 N–H and O–H groups in total. The topological polar surface area (TPSA) is 79.6 Å². The van der Waals surface area contributed by atoms with Gasteiger partial charge >= 0.3 is 0 Å². The summed E-state index contributed by atoms with van der Waals surface area (Å²) in [6, 6.07) is 10.3. The summed E-state index contributed by atoms with van der Waals surface area (Å²) < 4.78 is 33.3. The molecule has 1 aromatic heterocycles. The van der Waals surface area contributed by atoms with Gasteiger partial charge in [-0.1, -0.05) is 26.0 Å². The van der Waals surface area contributed by atoms with Gasteiger partial charge in [-0.15, -0.1) is 0 Å². The maximum absolute atomic E-state index is 12.7. The highest BCUT2D eigenvalue weighted by Gasteiger charge is 2.28. The molecule has 0 saturated carbocycles. The average Bonchev–Trinajstić information content (AvgIpc) is 3.21. The molecule has 1 fully saturated rings. The van der Waals surface area contributed by atoms with E-state index in [1.165, 1.54) is 6.26 Å². The second-order valence-electron chi connectivity index (χ2n) is 7.74. The third-order valence-corrected chi connectivity index (χ3v) is 6.62. The van der Waals surface area contributed by atoms with Crippen molar-refractivity contribution in [1.29, 1.82) is 0 Å². The van der Waals surface area contributed by atoms with Crippen LogP contribution in [0.1, 0.15) is 49.2 Å². The van der Waals surface area contributed by atoms with Crippen molar-refractivity contribution in [3.8, 4) is 0 Å². The van der Waals surface area contributed by atoms with Crippen molar-refractivity contribution in [2.45, 2.75) is 50.5 Å². The van der Waals surface area contributed by atoms with Gasteiger partial charge in [0.05, 0.1) is 11.2 Å². The van der Waals surface area contributed by atoms with Crippen molar-refractivity contribution in [1.82, 2.24) is 9.62 Å². The van der Waals surface area contributed by atoms with Crippen molar-refractivity contribution in [2.24, 2.45) is 5.92 Å². The minimum atomic E-state index is -3.56. The maximum Gasteiger partial charge on any atom is 0.289 e. The smallest absolute Gasteiger partial charge is 0.289 e. The Morgan fingerprint density at radius 1 is 1.18 bits per heavy atom. The van der Waals surface area contributed by atoms with Crippen LogP contribution in [-0.2, 0) is 16.4 Å². The first-order valence-corrected chi connectivity index (χ1v) is 11.3. The molecule has 1 aliphatic rings. The lowest BCUT2D eigenvalue weighted by molar-refractivity contribution is 0.0679. The number of carbonyl (C=O) groups is 1. The fraction of sp³-hybridized carbons (Fsp3) is 0.476. The number of rotatable bonds is 7. The van der Waals surface area contributed by atoms with E-state index in [1.807, 2.05) is 12.1 Å². The van der Waals surface area contributed by atoms with Gasteiger partial charge in [-0.2, -0.15) is 0 Å².